The van der Waals surface area contributed by atoms with E-state index in [-0.39, 0.29) is 17.7 Å². The number of hydrogen-bond acceptors (Lipinski definition) is 5. The second-order valence-electron chi connectivity index (χ2n) is 3.66. The summed E-state index contributed by atoms with van der Waals surface area (Å²) in [4.78, 5) is 3.88. The van der Waals surface area contributed by atoms with E-state index in [1.54, 1.807) is 6.07 Å². The van der Waals surface area contributed by atoms with Crippen molar-refractivity contribution in [3.8, 4) is 5.75 Å². The summed E-state index contributed by atoms with van der Waals surface area (Å²) in [6.45, 7) is 0.116. The van der Waals surface area contributed by atoms with Gasteiger partial charge in [-0.1, -0.05) is 0 Å². The van der Waals surface area contributed by atoms with Gasteiger partial charge in [0.1, 0.15) is 5.75 Å². The summed E-state index contributed by atoms with van der Waals surface area (Å²) in [7, 11) is -3.79. The third-order valence-electron chi connectivity index (χ3n) is 2.21. The van der Waals surface area contributed by atoms with Gasteiger partial charge in [-0.15, -0.1) is 0 Å². The molecular weight excluding hydrogens is 230 g/mol. The maximum atomic E-state index is 11.1. The molecule has 1 heterocycles. The maximum absolute atomic E-state index is 11.1. The predicted octanol–water partition coefficient (Wildman–Crippen LogP) is -0.271. The standard InChI is InChI=1S/C9H13N3O3S/c10-5-7-8(15-6-1-2-6)3-4-9(12-7)16(11,13)14/h3-4,6H,1-2,5,10H2,(H2,11,13,14). The number of ether oxygens (including phenoxy) is 1. The first-order valence-electron chi connectivity index (χ1n) is 4.90. The second kappa shape index (κ2) is 4.00. The van der Waals surface area contributed by atoms with E-state index in [1.807, 2.05) is 0 Å². The van der Waals surface area contributed by atoms with Crippen LogP contribution in [0.1, 0.15) is 18.5 Å². The van der Waals surface area contributed by atoms with E-state index < -0.39 is 10.0 Å². The molecule has 1 aliphatic rings. The maximum Gasteiger partial charge on any atom is 0.255 e. The summed E-state index contributed by atoms with van der Waals surface area (Å²) >= 11 is 0. The zero-order valence-electron chi connectivity index (χ0n) is 8.59. The Kier molecular flexibility index (Phi) is 2.83. The number of sulfonamides is 1. The Morgan fingerprint density at radius 1 is 1.44 bits per heavy atom. The van der Waals surface area contributed by atoms with Gasteiger partial charge in [0.25, 0.3) is 10.0 Å². The zero-order valence-corrected chi connectivity index (χ0v) is 9.40. The normalized spacial score (nSPS) is 16.1. The van der Waals surface area contributed by atoms with Gasteiger partial charge in [0, 0.05) is 6.54 Å². The fourth-order valence-electron chi connectivity index (χ4n) is 1.25. The minimum atomic E-state index is -3.79. The van der Waals surface area contributed by atoms with Crippen molar-refractivity contribution < 1.29 is 13.2 Å². The molecule has 1 fully saturated rings. The average Bonchev–Trinajstić information content (AvgIpc) is 3.00. The molecule has 1 aromatic rings. The summed E-state index contributed by atoms with van der Waals surface area (Å²) in [6, 6.07) is 2.87. The largest absolute Gasteiger partial charge is 0.488 e. The molecule has 0 spiro atoms. The van der Waals surface area contributed by atoms with Crippen LogP contribution in [0.15, 0.2) is 17.2 Å². The van der Waals surface area contributed by atoms with E-state index in [1.165, 1.54) is 6.07 Å². The smallest absolute Gasteiger partial charge is 0.255 e. The average molecular weight is 243 g/mol. The molecule has 1 aromatic heterocycles. The molecule has 88 valence electrons. The van der Waals surface area contributed by atoms with Gasteiger partial charge < -0.3 is 10.5 Å². The van der Waals surface area contributed by atoms with Gasteiger partial charge in [0.05, 0.1) is 11.8 Å². The molecule has 16 heavy (non-hydrogen) atoms. The number of nitrogens with two attached hydrogens (primary N) is 2. The van der Waals surface area contributed by atoms with Crippen LogP contribution < -0.4 is 15.6 Å². The van der Waals surface area contributed by atoms with Crippen LogP contribution in [-0.4, -0.2) is 19.5 Å². The highest BCUT2D eigenvalue weighted by Crippen LogP contribution is 2.28. The van der Waals surface area contributed by atoms with Crippen molar-refractivity contribution in [2.24, 2.45) is 10.9 Å². The molecule has 1 saturated carbocycles. The third-order valence-corrected chi connectivity index (χ3v) is 3.02. The Morgan fingerprint density at radius 3 is 2.62 bits per heavy atom. The monoisotopic (exact) mass is 243 g/mol. The summed E-state index contributed by atoms with van der Waals surface area (Å²) in [6.07, 6.45) is 2.24. The van der Waals surface area contributed by atoms with E-state index >= 15 is 0 Å². The minimum absolute atomic E-state index is 0.116. The molecule has 6 nitrogen and oxygen atoms in total. The number of rotatable bonds is 4. The van der Waals surface area contributed by atoms with E-state index in [0.717, 1.165) is 12.8 Å². The van der Waals surface area contributed by atoms with Crippen LogP contribution in [-0.2, 0) is 16.6 Å². The fourth-order valence-corrected chi connectivity index (χ4v) is 1.74. The van der Waals surface area contributed by atoms with Gasteiger partial charge >= 0.3 is 0 Å². The minimum Gasteiger partial charge on any atom is -0.488 e. The van der Waals surface area contributed by atoms with E-state index in [9.17, 15) is 8.42 Å². The highest BCUT2D eigenvalue weighted by atomic mass is 32.2. The first-order chi connectivity index (χ1) is 7.50. The Balaban J connectivity index is 2.33. The molecule has 0 atom stereocenters. The van der Waals surface area contributed by atoms with Crippen LogP contribution in [0.2, 0.25) is 0 Å². The Morgan fingerprint density at radius 2 is 2.12 bits per heavy atom. The van der Waals surface area contributed by atoms with Crippen molar-refractivity contribution in [3.63, 3.8) is 0 Å². The van der Waals surface area contributed by atoms with Crippen LogP contribution in [0.5, 0.6) is 5.75 Å². The molecule has 2 rings (SSSR count). The number of hydrogen-bond donors (Lipinski definition) is 2. The highest BCUT2D eigenvalue weighted by Gasteiger charge is 2.25. The van der Waals surface area contributed by atoms with Crippen molar-refractivity contribution in [3.05, 3.63) is 17.8 Å². The van der Waals surface area contributed by atoms with Crippen LogP contribution in [0, 0.1) is 0 Å². The topological polar surface area (TPSA) is 108 Å². The molecule has 0 radical (unpaired) electrons. The van der Waals surface area contributed by atoms with E-state index in [0.29, 0.717) is 11.4 Å². The summed E-state index contributed by atoms with van der Waals surface area (Å²) in [5, 5.41) is 4.79. The number of nitrogens with zero attached hydrogens (tertiary/aromatic N) is 1. The van der Waals surface area contributed by atoms with Crippen LogP contribution in [0.25, 0.3) is 0 Å². The molecule has 0 bridgehead atoms. The van der Waals surface area contributed by atoms with Crippen molar-refractivity contribution in [1.82, 2.24) is 4.98 Å². The Hall–Kier alpha value is -1.18. The van der Waals surface area contributed by atoms with Crippen LogP contribution in [0.3, 0.4) is 0 Å². The van der Waals surface area contributed by atoms with Crippen molar-refractivity contribution >= 4 is 10.0 Å². The van der Waals surface area contributed by atoms with E-state index in [4.69, 9.17) is 15.6 Å². The summed E-state index contributed by atoms with van der Waals surface area (Å²) in [5.74, 6) is 0.539. The molecule has 0 saturated heterocycles. The van der Waals surface area contributed by atoms with Gasteiger partial charge in [0.2, 0.25) is 0 Å². The van der Waals surface area contributed by atoms with Crippen molar-refractivity contribution in [1.29, 1.82) is 0 Å². The van der Waals surface area contributed by atoms with E-state index in [2.05, 4.69) is 4.98 Å². The summed E-state index contributed by atoms with van der Waals surface area (Å²) < 4.78 is 27.7. The summed E-state index contributed by atoms with van der Waals surface area (Å²) in [5.41, 5.74) is 5.90. The molecular formula is C9H13N3O3S. The highest BCUT2D eigenvalue weighted by molar-refractivity contribution is 7.89. The molecule has 0 aliphatic heterocycles. The number of pyridine rings is 1. The fraction of sp³-hybridized carbons (Fsp3) is 0.444. The lowest BCUT2D eigenvalue weighted by Gasteiger charge is -2.09. The quantitative estimate of drug-likeness (QED) is 0.756. The number of primary sulfonamides is 1. The molecule has 0 aromatic carbocycles. The van der Waals surface area contributed by atoms with Crippen molar-refractivity contribution in [2.45, 2.75) is 30.5 Å². The van der Waals surface area contributed by atoms with Gasteiger partial charge in [-0.2, -0.15) is 0 Å². The van der Waals surface area contributed by atoms with Gasteiger partial charge in [-0.3, -0.25) is 0 Å². The molecule has 0 unspecified atom stereocenters. The van der Waals surface area contributed by atoms with Gasteiger partial charge in [-0.05, 0) is 25.0 Å². The first-order valence-corrected chi connectivity index (χ1v) is 6.45. The SMILES string of the molecule is NCc1nc(S(N)(=O)=O)ccc1OC1CC1. The van der Waals surface area contributed by atoms with Gasteiger partial charge in [-0.25, -0.2) is 18.5 Å². The Labute approximate surface area is 93.7 Å². The lowest BCUT2D eigenvalue weighted by molar-refractivity contribution is 0.297. The zero-order chi connectivity index (χ0) is 11.8. The first kappa shape index (κ1) is 11.3. The molecule has 0 amide bonds. The lowest BCUT2D eigenvalue weighted by atomic mass is 10.3. The lowest BCUT2D eigenvalue weighted by Crippen LogP contribution is -2.16. The Bertz CT molecular complexity index is 497. The molecule has 7 heteroatoms. The van der Waals surface area contributed by atoms with Crippen LogP contribution >= 0.6 is 0 Å². The molecule has 4 N–H and O–H groups in total. The number of aromatic nitrogens is 1. The van der Waals surface area contributed by atoms with Crippen molar-refractivity contribution in [2.75, 3.05) is 0 Å². The molecule has 1 aliphatic carbocycles. The predicted molar refractivity (Wildman–Crippen MR) is 57.2 cm³/mol. The second-order valence-corrected chi connectivity index (χ2v) is 5.17. The third kappa shape index (κ3) is 2.49. The van der Waals surface area contributed by atoms with Gasteiger partial charge in [0.15, 0.2) is 5.03 Å². The van der Waals surface area contributed by atoms with Crippen LogP contribution in [0.4, 0.5) is 0 Å².